The highest BCUT2D eigenvalue weighted by atomic mass is 16.5. The van der Waals surface area contributed by atoms with Crippen molar-refractivity contribution in [2.24, 2.45) is 15.3 Å². The molecule has 130 valence electrons. The normalized spacial score (nSPS) is 11.5. The summed E-state index contributed by atoms with van der Waals surface area (Å²) in [5.41, 5.74) is 6.69. The van der Waals surface area contributed by atoms with E-state index in [-0.39, 0.29) is 0 Å². The second kappa shape index (κ2) is 8.58. The maximum Gasteiger partial charge on any atom is 0.201 e. The fraction of sp³-hybridized carbons (Fsp3) is 0.0952. The summed E-state index contributed by atoms with van der Waals surface area (Å²) in [5, 5.41) is 13.1. The van der Waals surface area contributed by atoms with E-state index in [1.54, 1.807) is 7.11 Å². The van der Waals surface area contributed by atoms with Gasteiger partial charge in [0.2, 0.25) is 5.84 Å². The van der Waals surface area contributed by atoms with Crippen LogP contribution in [0.15, 0.2) is 94.2 Å². The summed E-state index contributed by atoms with van der Waals surface area (Å²) < 4.78 is 5.21. The van der Waals surface area contributed by atoms with E-state index in [0.29, 0.717) is 5.84 Å². The second-order valence-electron chi connectivity index (χ2n) is 5.68. The van der Waals surface area contributed by atoms with E-state index >= 15 is 0 Å². The molecule has 0 unspecified atom stereocenters. The predicted octanol–water partition coefficient (Wildman–Crippen LogP) is 5.56. The largest absolute Gasteiger partial charge is 0.497 e. The molecule has 0 atom stereocenters. The van der Waals surface area contributed by atoms with Gasteiger partial charge >= 0.3 is 0 Å². The third kappa shape index (κ3) is 4.77. The zero-order chi connectivity index (χ0) is 18.2. The van der Waals surface area contributed by atoms with Gasteiger partial charge in [-0.15, -0.1) is 10.2 Å². The number of amidine groups is 1. The quantitative estimate of drug-likeness (QED) is 0.285. The van der Waals surface area contributed by atoms with Crippen LogP contribution >= 0.6 is 0 Å². The number of anilines is 1. The Morgan fingerprint density at radius 2 is 1.54 bits per heavy atom. The smallest absolute Gasteiger partial charge is 0.201 e. The highest BCUT2D eigenvalue weighted by Gasteiger charge is 2.04. The van der Waals surface area contributed by atoms with Crippen LogP contribution in [0.5, 0.6) is 5.75 Å². The van der Waals surface area contributed by atoms with E-state index in [0.717, 1.165) is 22.7 Å². The number of rotatable bonds is 5. The molecule has 3 rings (SSSR count). The molecule has 0 amide bonds. The number of hydrogen-bond acceptors (Lipinski definition) is 4. The van der Waals surface area contributed by atoms with Gasteiger partial charge in [0.05, 0.1) is 18.5 Å². The first-order valence-corrected chi connectivity index (χ1v) is 8.26. The molecule has 0 heterocycles. The monoisotopic (exact) mass is 344 g/mol. The predicted molar refractivity (Wildman–Crippen MR) is 105 cm³/mol. The van der Waals surface area contributed by atoms with Crippen molar-refractivity contribution in [3.63, 3.8) is 0 Å². The number of nitrogens with zero attached hydrogens (tertiary/aromatic N) is 3. The molecule has 0 aliphatic carbocycles. The first-order chi connectivity index (χ1) is 12.7. The fourth-order valence-electron chi connectivity index (χ4n) is 2.23. The van der Waals surface area contributed by atoms with Crippen LogP contribution in [-0.4, -0.2) is 12.9 Å². The van der Waals surface area contributed by atoms with Gasteiger partial charge in [0, 0.05) is 5.56 Å². The molecule has 0 spiro atoms. The molecule has 0 aromatic heterocycles. The number of aryl methyl sites for hydroxylation is 1. The van der Waals surface area contributed by atoms with Crippen molar-refractivity contribution >= 4 is 17.2 Å². The highest BCUT2D eigenvalue weighted by molar-refractivity contribution is 5.99. The number of hydrogen-bond donors (Lipinski definition) is 1. The molecular weight excluding hydrogens is 324 g/mol. The van der Waals surface area contributed by atoms with Gasteiger partial charge in [0.25, 0.3) is 0 Å². The molecule has 0 aliphatic rings. The van der Waals surface area contributed by atoms with Gasteiger partial charge in [-0.25, -0.2) is 0 Å². The van der Waals surface area contributed by atoms with Crippen molar-refractivity contribution in [1.29, 1.82) is 0 Å². The lowest BCUT2D eigenvalue weighted by molar-refractivity contribution is 0.415. The number of benzene rings is 3. The van der Waals surface area contributed by atoms with Crippen molar-refractivity contribution in [1.82, 2.24) is 0 Å². The van der Waals surface area contributed by atoms with Gasteiger partial charge < -0.3 is 4.74 Å². The third-order valence-corrected chi connectivity index (χ3v) is 3.71. The van der Waals surface area contributed by atoms with E-state index in [1.807, 2.05) is 85.8 Å². The van der Waals surface area contributed by atoms with Crippen molar-refractivity contribution in [2.45, 2.75) is 6.92 Å². The minimum atomic E-state index is 0.483. The summed E-state index contributed by atoms with van der Waals surface area (Å²) in [7, 11) is 1.64. The topological polar surface area (TPSA) is 58.3 Å². The Balaban J connectivity index is 1.88. The highest BCUT2D eigenvalue weighted by Crippen LogP contribution is 2.17. The zero-order valence-corrected chi connectivity index (χ0v) is 14.8. The lowest BCUT2D eigenvalue weighted by Crippen LogP contribution is -2.01. The number of methoxy groups -OCH3 is 1. The maximum atomic E-state index is 5.21. The molecule has 0 aliphatic heterocycles. The van der Waals surface area contributed by atoms with E-state index in [4.69, 9.17) is 4.74 Å². The second-order valence-corrected chi connectivity index (χ2v) is 5.68. The Hall–Kier alpha value is -3.47. The lowest BCUT2D eigenvalue weighted by Gasteiger charge is -2.05. The molecule has 0 saturated carbocycles. The minimum absolute atomic E-state index is 0.483. The summed E-state index contributed by atoms with van der Waals surface area (Å²) in [6.07, 6.45) is 0. The van der Waals surface area contributed by atoms with Crippen LogP contribution in [0.1, 0.15) is 11.1 Å². The van der Waals surface area contributed by atoms with E-state index in [2.05, 4.69) is 20.8 Å². The number of para-hydroxylation sites is 1. The van der Waals surface area contributed by atoms with Crippen LogP contribution in [0.4, 0.5) is 11.4 Å². The van der Waals surface area contributed by atoms with Crippen LogP contribution < -0.4 is 10.2 Å². The molecule has 5 nitrogen and oxygen atoms in total. The lowest BCUT2D eigenvalue weighted by atomic mass is 10.2. The molecule has 0 fully saturated rings. The fourth-order valence-corrected chi connectivity index (χ4v) is 2.23. The zero-order valence-electron chi connectivity index (χ0n) is 14.8. The Morgan fingerprint density at radius 3 is 2.19 bits per heavy atom. The molecule has 0 bridgehead atoms. The molecular formula is C21H20N4O. The SMILES string of the molecule is COc1ccc(C(N=Nc2ccc(C)cc2)=NNc2ccccc2)cc1. The Bertz CT molecular complexity index is 886. The maximum absolute atomic E-state index is 5.21. The van der Waals surface area contributed by atoms with Crippen LogP contribution in [0.25, 0.3) is 0 Å². The summed E-state index contributed by atoms with van der Waals surface area (Å²) >= 11 is 0. The van der Waals surface area contributed by atoms with Crippen LogP contribution in [-0.2, 0) is 0 Å². The molecule has 3 aromatic carbocycles. The number of hydrazone groups is 1. The summed E-state index contributed by atoms with van der Waals surface area (Å²) in [6, 6.07) is 25.1. The van der Waals surface area contributed by atoms with E-state index in [9.17, 15) is 0 Å². The van der Waals surface area contributed by atoms with Crippen LogP contribution in [0, 0.1) is 6.92 Å². The first-order valence-electron chi connectivity index (χ1n) is 8.26. The van der Waals surface area contributed by atoms with E-state index in [1.165, 1.54) is 5.56 Å². The van der Waals surface area contributed by atoms with E-state index < -0.39 is 0 Å². The van der Waals surface area contributed by atoms with Gasteiger partial charge in [-0.1, -0.05) is 35.9 Å². The van der Waals surface area contributed by atoms with Gasteiger partial charge in [0.15, 0.2) is 0 Å². The minimum Gasteiger partial charge on any atom is -0.497 e. The number of azo groups is 1. The van der Waals surface area contributed by atoms with Gasteiger partial charge in [-0.3, -0.25) is 5.43 Å². The van der Waals surface area contributed by atoms with Gasteiger partial charge in [-0.05, 0) is 55.5 Å². The van der Waals surface area contributed by atoms with Crippen molar-refractivity contribution in [2.75, 3.05) is 12.5 Å². The van der Waals surface area contributed by atoms with Crippen molar-refractivity contribution in [3.05, 3.63) is 90.0 Å². The van der Waals surface area contributed by atoms with Crippen molar-refractivity contribution in [3.8, 4) is 5.75 Å². The Kier molecular flexibility index (Phi) is 5.72. The molecule has 5 heteroatoms. The number of nitrogens with one attached hydrogen (secondary N) is 1. The third-order valence-electron chi connectivity index (χ3n) is 3.71. The molecule has 0 saturated heterocycles. The average molecular weight is 344 g/mol. The average Bonchev–Trinajstić information content (AvgIpc) is 2.70. The standard InChI is InChI=1S/C21H20N4O/c1-16-8-12-19(13-9-16)23-25-21(17-10-14-20(26-2)15-11-17)24-22-18-6-4-3-5-7-18/h3-15,22H,1-2H3. The Labute approximate surface area is 153 Å². The van der Waals surface area contributed by atoms with Crippen molar-refractivity contribution < 1.29 is 4.74 Å². The van der Waals surface area contributed by atoms with Gasteiger partial charge in [-0.2, -0.15) is 5.10 Å². The van der Waals surface area contributed by atoms with Gasteiger partial charge in [0.1, 0.15) is 5.75 Å². The summed E-state index contributed by atoms with van der Waals surface area (Å²) in [5.74, 6) is 1.26. The molecule has 0 radical (unpaired) electrons. The molecule has 26 heavy (non-hydrogen) atoms. The summed E-state index contributed by atoms with van der Waals surface area (Å²) in [6.45, 7) is 2.04. The number of ether oxygens (including phenoxy) is 1. The molecule has 1 N–H and O–H groups in total. The van der Waals surface area contributed by atoms with Crippen LogP contribution in [0.2, 0.25) is 0 Å². The van der Waals surface area contributed by atoms with Crippen LogP contribution in [0.3, 0.4) is 0 Å². The first kappa shape index (κ1) is 17.4. The summed E-state index contributed by atoms with van der Waals surface area (Å²) in [4.78, 5) is 0. The Morgan fingerprint density at radius 1 is 0.846 bits per heavy atom. The molecule has 3 aromatic rings.